The van der Waals surface area contributed by atoms with Crippen molar-refractivity contribution in [1.82, 2.24) is 0 Å². The van der Waals surface area contributed by atoms with E-state index in [0.717, 1.165) is 12.8 Å². The van der Waals surface area contributed by atoms with E-state index < -0.39 is 5.38 Å². The molecule has 0 aliphatic rings. The molecule has 0 aliphatic carbocycles. The summed E-state index contributed by atoms with van der Waals surface area (Å²) in [6.45, 7) is 0.965. The van der Waals surface area contributed by atoms with Gasteiger partial charge in [0, 0.05) is 6.61 Å². The van der Waals surface area contributed by atoms with E-state index in [2.05, 4.69) is 12.1 Å². The van der Waals surface area contributed by atoms with E-state index >= 15 is 0 Å². The summed E-state index contributed by atoms with van der Waals surface area (Å²) in [6.07, 6.45) is 1.96. The molecule has 1 unspecified atom stereocenters. The second kappa shape index (κ2) is 7.28. The summed E-state index contributed by atoms with van der Waals surface area (Å²) >= 11 is 5.58. The van der Waals surface area contributed by atoms with Crippen LogP contribution in [0.3, 0.4) is 0 Å². The molecule has 0 aliphatic heterocycles. The topological polar surface area (TPSA) is 33.0 Å². The Balaban J connectivity index is 2.06. The van der Waals surface area contributed by atoms with Crippen molar-refractivity contribution >= 4 is 11.6 Å². The van der Waals surface area contributed by atoms with Gasteiger partial charge >= 0.3 is 0 Å². The summed E-state index contributed by atoms with van der Waals surface area (Å²) in [5.74, 6) is 0. The lowest BCUT2D eigenvalue weighted by molar-refractivity contribution is 0.139. The first-order valence-corrected chi connectivity index (χ1v) is 5.42. The molecule has 1 rings (SSSR count). The van der Waals surface area contributed by atoms with Gasteiger partial charge in [-0.25, -0.2) is 0 Å². The van der Waals surface area contributed by atoms with Gasteiger partial charge in [-0.2, -0.15) is 5.26 Å². The summed E-state index contributed by atoms with van der Waals surface area (Å²) in [6, 6.07) is 12.2. The monoisotopic (exact) mass is 223 g/mol. The molecule has 2 nitrogen and oxygen atoms in total. The third kappa shape index (κ3) is 5.41. The van der Waals surface area contributed by atoms with Crippen molar-refractivity contribution in [2.75, 3.05) is 13.2 Å². The van der Waals surface area contributed by atoms with Crippen molar-refractivity contribution in [3.05, 3.63) is 35.9 Å². The van der Waals surface area contributed by atoms with Crippen LogP contribution in [0.4, 0.5) is 0 Å². The first kappa shape index (κ1) is 12.0. The highest BCUT2D eigenvalue weighted by molar-refractivity contribution is 6.22. The Morgan fingerprint density at radius 1 is 1.33 bits per heavy atom. The van der Waals surface area contributed by atoms with Crippen LogP contribution in [0, 0.1) is 11.3 Å². The molecule has 0 N–H and O–H groups in total. The molecule has 0 aromatic heterocycles. The predicted octanol–water partition coefficient (Wildman–Crippen LogP) is 2.77. The molecule has 1 atom stereocenters. The highest BCUT2D eigenvalue weighted by Gasteiger charge is 2.00. The minimum absolute atomic E-state index is 0.312. The molecule has 0 amide bonds. The SMILES string of the molecule is N#CC(Cl)COCCCc1ccccc1. The van der Waals surface area contributed by atoms with Gasteiger partial charge in [-0.05, 0) is 18.4 Å². The minimum Gasteiger partial charge on any atom is -0.379 e. The molecule has 0 fully saturated rings. The Kier molecular flexibility index (Phi) is 5.84. The number of aryl methyl sites for hydroxylation is 1. The molecule has 15 heavy (non-hydrogen) atoms. The highest BCUT2D eigenvalue weighted by Crippen LogP contribution is 2.03. The maximum Gasteiger partial charge on any atom is 0.143 e. The molecule has 0 spiro atoms. The fraction of sp³-hybridized carbons (Fsp3) is 0.417. The molecular formula is C12H14ClNO. The summed E-state index contributed by atoms with van der Waals surface area (Å²) in [7, 11) is 0. The van der Waals surface area contributed by atoms with Crippen LogP contribution in [0.25, 0.3) is 0 Å². The Morgan fingerprint density at radius 2 is 2.07 bits per heavy atom. The molecule has 0 saturated heterocycles. The second-order valence-corrected chi connectivity index (χ2v) is 3.79. The van der Waals surface area contributed by atoms with E-state index in [1.165, 1.54) is 5.56 Å². The minimum atomic E-state index is -0.526. The Labute approximate surface area is 95.4 Å². The summed E-state index contributed by atoms with van der Waals surface area (Å²) in [5, 5.41) is 7.88. The quantitative estimate of drug-likeness (QED) is 0.549. The third-order valence-corrected chi connectivity index (χ3v) is 2.22. The predicted molar refractivity (Wildman–Crippen MR) is 60.8 cm³/mol. The average Bonchev–Trinajstić information content (AvgIpc) is 2.29. The van der Waals surface area contributed by atoms with E-state index in [1.807, 2.05) is 24.3 Å². The van der Waals surface area contributed by atoms with Gasteiger partial charge in [-0.15, -0.1) is 11.6 Å². The molecule has 3 heteroatoms. The lowest BCUT2D eigenvalue weighted by Crippen LogP contribution is -2.07. The maximum absolute atomic E-state index is 8.41. The lowest BCUT2D eigenvalue weighted by atomic mass is 10.1. The molecule has 0 heterocycles. The zero-order chi connectivity index (χ0) is 10.9. The number of benzene rings is 1. The van der Waals surface area contributed by atoms with E-state index in [0.29, 0.717) is 13.2 Å². The Hall–Kier alpha value is -1.04. The summed E-state index contributed by atoms with van der Waals surface area (Å²) in [5.41, 5.74) is 1.31. The first-order chi connectivity index (χ1) is 7.33. The third-order valence-electron chi connectivity index (χ3n) is 2.00. The van der Waals surface area contributed by atoms with Crippen molar-refractivity contribution in [2.24, 2.45) is 0 Å². The number of alkyl halides is 1. The van der Waals surface area contributed by atoms with E-state index in [1.54, 1.807) is 0 Å². The number of nitrogens with zero attached hydrogens (tertiary/aromatic N) is 1. The van der Waals surface area contributed by atoms with Crippen molar-refractivity contribution in [3.8, 4) is 6.07 Å². The smallest absolute Gasteiger partial charge is 0.143 e. The number of rotatable bonds is 6. The highest BCUT2D eigenvalue weighted by atomic mass is 35.5. The van der Waals surface area contributed by atoms with Crippen LogP contribution in [0.1, 0.15) is 12.0 Å². The number of hydrogen-bond acceptors (Lipinski definition) is 2. The van der Waals surface area contributed by atoms with Crippen LogP contribution in [0.2, 0.25) is 0 Å². The van der Waals surface area contributed by atoms with Crippen LogP contribution in [0.5, 0.6) is 0 Å². The van der Waals surface area contributed by atoms with E-state index in [4.69, 9.17) is 21.6 Å². The van der Waals surface area contributed by atoms with Crippen LogP contribution in [-0.4, -0.2) is 18.6 Å². The Morgan fingerprint density at radius 3 is 2.73 bits per heavy atom. The fourth-order valence-electron chi connectivity index (χ4n) is 1.25. The number of hydrogen-bond donors (Lipinski definition) is 0. The second-order valence-electron chi connectivity index (χ2n) is 3.26. The lowest BCUT2D eigenvalue weighted by Gasteiger charge is -2.04. The summed E-state index contributed by atoms with van der Waals surface area (Å²) in [4.78, 5) is 0. The van der Waals surface area contributed by atoms with Gasteiger partial charge in [0.15, 0.2) is 0 Å². The molecule has 1 aromatic rings. The van der Waals surface area contributed by atoms with Gasteiger partial charge in [0.2, 0.25) is 0 Å². The molecule has 80 valence electrons. The zero-order valence-corrected chi connectivity index (χ0v) is 9.28. The molecule has 0 bridgehead atoms. The van der Waals surface area contributed by atoms with Crippen molar-refractivity contribution in [1.29, 1.82) is 5.26 Å². The van der Waals surface area contributed by atoms with Crippen LogP contribution < -0.4 is 0 Å². The van der Waals surface area contributed by atoms with Crippen molar-refractivity contribution < 1.29 is 4.74 Å². The zero-order valence-electron chi connectivity index (χ0n) is 8.53. The van der Waals surface area contributed by atoms with Crippen LogP contribution >= 0.6 is 11.6 Å². The van der Waals surface area contributed by atoms with Gasteiger partial charge in [0.05, 0.1) is 12.7 Å². The number of halogens is 1. The Bertz CT molecular complexity index is 307. The maximum atomic E-state index is 8.41. The summed E-state index contributed by atoms with van der Waals surface area (Å²) < 4.78 is 5.25. The largest absolute Gasteiger partial charge is 0.379 e. The standard InChI is InChI=1S/C12H14ClNO/c13-12(9-14)10-15-8-4-7-11-5-2-1-3-6-11/h1-3,5-6,12H,4,7-8,10H2. The normalized spacial score (nSPS) is 12.0. The molecule has 0 radical (unpaired) electrons. The van der Waals surface area contributed by atoms with Gasteiger partial charge in [-0.1, -0.05) is 30.3 Å². The van der Waals surface area contributed by atoms with Gasteiger partial charge < -0.3 is 4.74 Å². The van der Waals surface area contributed by atoms with Crippen molar-refractivity contribution in [2.45, 2.75) is 18.2 Å². The van der Waals surface area contributed by atoms with Gasteiger partial charge in [0.1, 0.15) is 5.38 Å². The van der Waals surface area contributed by atoms with Crippen molar-refractivity contribution in [3.63, 3.8) is 0 Å². The van der Waals surface area contributed by atoms with Crippen LogP contribution in [-0.2, 0) is 11.2 Å². The fourth-order valence-corrected chi connectivity index (χ4v) is 1.34. The van der Waals surface area contributed by atoms with E-state index in [9.17, 15) is 0 Å². The van der Waals surface area contributed by atoms with Gasteiger partial charge in [0.25, 0.3) is 0 Å². The molecule has 1 aromatic carbocycles. The van der Waals surface area contributed by atoms with Crippen LogP contribution in [0.15, 0.2) is 30.3 Å². The molecular weight excluding hydrogens is 210 g/mol. The van der Waals surface area contributed by atoms with E-state index in [-0.39, 0.29) is 0 Å². The number of nitriles is 1. The van der Waals surface area contributed by atoms with Gasteiger partial charge in [-0.3, -0.25) is 0 Å². The number of ether oxygens (including phenoxy) is 1. The first-order valence-electron chi connectivity index (χ1n) is 4.98. The molecule has 0 saturated carbocycles. The average molecular weight is 224 g/mol.